The van der Waals surface area contributed by atoms with Crippen LogP contribution in [0.3, 0.4) is 0 Å². The van der Waals surface area contributed by atoms with Crippen LogP contribution in [-0.4, -0.2) is 65.4 Å². The Morgan fingerprint density at radius 2 is 1.48 bits per heavy atom. The maximum Gasteiger partial charge on any atom is 0.340 e. The lowest BCUT2D eigenvalue weighted by Gasteiger charge is -2.30. The van der Waals surface area contributed by atoms with Crippen molar-refractivity contribution in [3.63, 3.8) is 0 Å². The van der Waals surface area contributed by atoms with Crippen LogP contribution in [0.1, 0.15) is 103 Å². The summed E-state index contributed by atoms with van der Waals surface area (Å²) in [4.78, 5) is 53.2. The number of carbonyl (C=O) groups is 4. The summed E-state index contributed by atoms with van der Waals surface area (Å²) in [5, 5.41) is 15.0. The third-order valence-corrected chi connectivity index (χ3v) is 7.37. The molecule has 1 rings (SSSR count). The molecule has 0 radical (unpaired) electrons. The number of aromatic nitrogens is 1. The fourth-order valence-electron chi connectivity index (χ4n) is 3.90. The van der Waals surface area contributed by atoms with Gasteiger partial charge in [-0.3, -0.25) is 19.4 Å². The Kier molecular flexibility index (Phi) is 28.6. The number of pyridine rings is 1. The van der Waals surface area contributed by atoms with Gasteiger partial charge in [0, 0.05) is 49.5 Å². The molecule has 0 aliphatic rings. The van der Waals surface area contributed by atoms with E-state index in [2.05, 4.69) is 83.3 Å². The molecule has 2 amide bonds. The number of allylic oxidation sites excluding steroid dienone is 10. The Labute approximate surface area is 304 Å². The molecule has 1 aromatic heterocycles. The fraction of sp³-hybridized carbons (Fsp3) is 0.513. The number of ether oxygens (including phenoxy) is 1. The highest BCUT2D eigenvalue weighted by Gasteiger charge is 2.38. The Morgan fingerprint density at radius 3 is 2.04 bits per heavy atom. The third kappa shape index (κ3) is 24.2. The van der Waals surface area contributed by atoms with Crippen LogP contribution in [0.25, 0.3) is 0 Å². The summed E-state index contributed by atoms with van der Waals surface area (Å²) in [5.41, 5.74) is -0.887. The fourth-order valence-corrected chi connectivity index (χ4v) is 4.39. The van der Waals surface area contributed by atoms with Crippen LogP contribution in [0, 0.1) is 5.41 Å². The van der Waals surface area contributed by atoms with Crippen molar-refractivity contribution in [2.75, 3.05) is 25.4 Å². The smallest absolute Gasteiger partial charge is 0.340 e. The molecule has 0 saturated heterocycles. The zero-order valence-corrected chi connectivity index (χ0v) is 31.4. The van der Waals surface area contributed by atoms with Crippen molar-refractivity contribution < 1.29 is 33.2 Å². The maximum atomic E-state index is 12.8. The first kappa shape index (κ1) is 46.0. The van der Waals surface area contributed by atoms with Gasteiger partial charge in [-0.15, -0.1) is 0 Å². The number of hydrogen-bond donors (Lipinski definition) is 3. The first-order chi connectivity index (χ1) is 24.2. The lowest BCUT2D eigenvalue weighted by atomic mass is 9.86. The molecule has 10 nitrogen and oxygen atoms in total. The van der Waals surface area contributed by atoms with Crippen LogP contribution in [-0.2, 0) is 23.3 Å². The van der Waals surface area contributed by atoms with Crippen molar-refractivity contribution in [3.8, 4) is 0 Å². The predicted molar refractivity (Wildman–Crippen MR) is 203 cm³/mol. The van der Waals surface area contributed by atoms with Gasteiger partial charge >= 0.3 is 11.9 Å². The van der Waals surface area contributed by atoms with Crippen LogP contribution in [0.5, 0.6) is 0 Å². The number of hydrogen-bond acceptors (Lipinski definition) is 9. The van der Waals surface area contributed by atoms with E-state index in [9.17, 15) is 24.3 Å². The molecule has 1 aromatic rings. The lowest BCUT2D eigenvalue weighted by Crippen LogP contribution is -2.48. The molecule has 0 fully saturated rings. The molecule has 0 aromatic carbocycles. The van der Waals surface area contributed by atoms with E-state index in [1.54, 1.807) is 19.9 Å². The molecule has 1 atom stereocenters. The number of aliphatic hydroxyl groups is 1. The normalized spacial score (nSPS) is 12.4. The van der Waals surface area contributed by atoms with Gasteiger partial charge in [-0.1, -0.05) is 95.4 Å². The molecule has 278 valence electrons. The average molecular weight is 714 g/mol. The van der Waals surface area contributed by atoms with Crippen molar-refractivity contribution in [3.05, 3.63) is 90.9 Å². The Bertz CT molecular complexity index is 1230. The van der Waals surface area contributed by atoms with Crippen LogP contribution in [0.4, 0.5) is 0 Å². The molecule has 11 heteroatoms. The second-order valence-electron chi connectivity index (χ2n) is 11.4. The third-order valence-electron chi connectivity index (χ3n) is 6.70. The van der Waals surface area contributed by atoms with Crippen LogP contribution in [0.2, 0.25) is 0 Å². The van der Waals surface area contributed by atoms with E-state index in [4.69, 9.17) is 8.92 Å². The largest absolute Gasteiger partial charge is 0.448 e. The molecule has 0 aliphatic heterocycles. The minimum absolute atomic E-state index is 0.00514. The molecule has 50 heavy (non-hydrogen) atoms. The highest BCUT2D eigenvalue weighted by molar-refractivity contribution is 7.95. The first-order valence-electron chi connectivity index (χ1n) is 17.5. The number of esters is 1. The number of aliphatic hydroxyl groups excluding tert-OH is 1. The minimum Gasteiger partial charge on any atom is -0.448 e. The van der Waals surface area contributed by atoms with E-state index in [1.807, 2.05) is 13.8 Å². The SMILES string of the molecule is CC.CC/C=C\C/C=C\C/C=C\C/C=C\C/C=C\CCCC(=O)OSCCNC(=O)CCNC(=O)[C@H](OC(=O)c1cccnc1)C(C)(C)CO. The summed E-state index contributed by atoms with van der Waals surface area (Å²) in [5.74, 6) is -1.58. The Balaban J connectivity index is 0.0000118. The second kappa shape index (κ2) is 31.1. The Morgan fingerprint density at radius 1 is 0.880 bits per heavy atom. The van der Waals surface area contributed by atoms with Crippen LogP contribution >= 0.6 is 12.0 Å². The van der Waals surface area contributed by atoms with Gasteiger partial charge in [0.15, 0.2) is 6.10 Å². The van der Waals surface area contributed by atoms with Gasteiger partial charge in [-0.25, -0.2) is 4.79 Å². The van der Waals surface area contributed by atoms with Gasteiger partial charge in [0.05, 0.1) is 24.2 Å². The summed E-state index contributed by atoms with van der Waals surface area (Å²) in [7, 11) is 0. The lowest BCUT2D eigenvalue weighted by molar-refractivity contribution is -0.138. The van der Waals surface area contributed by atoms with Gasteiger partial charge in [-0.2, -0.15) is 0 Å². The van der Waals surface area contributed by atoms with E-state index in [-0.39, 0.29) is 37.0 Å². The first-order valence-corrected chi connectivity index (χ1v) is 18.5. The van der Waals surface area contributed by atoms with Crippen LogP contribution < -0.4 is 10.6 Å². The molecule has 3 N–H and O–H groups in total. The van der Waals surface area contributed by atoms with Crippen molar-refractivity contribution in [1.29, 1.82) is 0 Å². The minimum atomic E-state index is -1.28. The number of amides is 2. The number of nitrogens with one attached hydrogen (secondary N) is 2. The van der Waals surface area contributed by atoms with Crippen molar-refractivity contribution in [2.24, 2.45) is 5.41 Å². The van der Waals surface area contributed by atoms with Crippen molar-refractivity contribution in [2.45, 2.75) is 98.5 Å². The standard InChI is InChI=1S/C37H53N3O7S.C2H6/c1-4-5-6-7-8-9-10-11-12-13-14-15-16-17-18-19-20-23-33(43)47-48-28-27-39-32(42)24-26-40-35(44)34(37(2,3)30-41)46-36(45)31-22-21-25-38-29-31;1-2/h5-6,8-9,11-12,14-15,17-18,21-22,25,29,34,41H,4,7,10,13,16,19-20,23-24,26-28,30H2,1-3H3,(H,39,42)(H,40,44);1-2H3/b6-5-,9-8-,12-11-,15-14-,18-17-;/t34-;/m0./s1. The molecule has 0 saturated carbocycles. The summed E-state index contributed by atoms with van der Waals surface area (Å²) in [6.07, 6.45) is 29.7. The van der Waals surface area contributed by atoms with Gasteiger partial charge in [0.1, 0.15) is 0 Å². The highest BCUT2D eigenvalue weighted by Crippen LogP contribution is 2.24. The monoisotopic (exact) mass is 713 g/mol. The summed E-state index contributed by atoms with van der Waals surface area (Å²) in [6, 6.07) is 3.08. The highest BCUT2D eigenvalue weighted by atomic mass is 32.2. The topological polar surface area (TPSA) is 144 Å². The number of rotatable bonds is 25. The predicted octanol–water partition coefficient (Wildman–Crippen LogP) is 7.39. The zero-order chi connectivity index (χ0) is 37.3. The molecule has 1 heterocycles. The number of unbranched alkanes of at least 4 members (excludes halogenated alkanes) is 1. The molecule has 0 aliphatic carbocycles. The molecular weight excluding hydrogens is 655 g/mol. The van der Waals surface area contributed by atoms with Gasteiger partial charge < -0.3 is 24.7 Å². The quantitative estimate of drug-likeness (QED) is 0.0409. The number of carbonyl (C=O) groups excluding carboxylic acids is 4. The number of nitrogens with zero attached hydrogens (tertiary/aromatic N) is 1. The van der Waals surface area contributed by atoms with E-state index in [1.165, 1.54) is 18.5 Å². The Hall–Kier alpha value is -3.96. The second-order valence-corrected chi connectivity index (χ2v) is 12.3. The van der Waals surface area contributed by atoms with Crippen LogP contribution in [0.15, 0.2) is 85.3 Å². The van der Waals surface area contributed by atoms with E-state index < -0.39 is 30.0 Å². The van der Waals surface area contributed by atoms with Gasteiger partial charge in [0.2, 0.25) is 5.91 Å². The van der Waals surface area contributed by atoms with Crippen molar-refractivity contribution >= 4 is 35.8 Å². The molecule has 0 bridgehead atoms. The zero-order valence-electron chi connectivity index (χ0n) is 30.6. The molecule has 0 spiro atoms. The molecule has 0 unspecified atom stereocenters. The average Bonchev–Trinajstić information content (AvgIpc) is 3.12. The van der Waals surface area contributed by atoms with Crippen molar-refractivity contribution in [1.82, 2.24) is 15.6 Å². The van der Waals surface area contributed by atoms with E-state index in [0.717, 1.165) is 50.6 Å². The molecular formula is C39H59N3O7S. The summed E-state index contributed by atoms with van der Waals surface area (Å²) >= 11 is 0.985. The summed E-state index contributed by atoms with van der Waals surface area (Å²) < 4.78 is 10.5. The van der Waals surface area contributed by atoms with E-state index >= 15 is 0 Å². The summed E-state index contributed by atoms with van der Waals surface area (Å²) in [6.45, 7) is 9.21. The van der Waals surface area contributed by atoms with Gasteiger partial charge in [-0.05, 0) is 57.1 Å². The van der Waals surface area contributed by atoms with E-state index in [0.29, 0.717) is 18.6 Å². The van der Waals surface area contributed by atoms with Gasteiger partial charge in [0.25, 0.3) is 5.91 Å². The maximum absolute atomic E-state index is 12.8.